The Morgan fingerprint density at radius 3 is 2.44 bits per heavy atom. The van der Waals surface area contributed by atoms with E-state index in [2.05, 4.69) is 26.8 Å². The van der Waals surface area contributed by atoms with Crippen LogP contribution in [0.5, 0.6) is 5.75 Å². The maximum atomic E-state index is 9.83. The van der Waals surface area contributed by atoms with Gasteiger partial charge >= 0.3 is 0 Å². The minimum absolute atomic E-state index is 0.252. The van der Waals surface area contributed by atoms with E-state index in [0.717, 1.165) is 24.8 Å². The van der Waals surface area contributed by atoms with Crippen molar-refractivity contribution in [1.29, 1.82) is 0 Å². The van der Waals surface area contributed by atoms with Gasteiger partial charge in [0.05, 0.1) is 0 Å². The highest BCUT2D eigenvalue weighted by atomic mass is 16.3. The number of rotatable bonds is 2. The fraction of sp³-hybridized carbons (Fsp3) is 0.571. The highest BCUT2D eigenvalue weighted by molar-refractivity contribution is 5.44. The number of hydrogen-bond acceptors (Lipinski definition) is 2. The van der Waals surface area contributed by atoms with Crippen molar-refractivity contribution in [3.8, 4) is 5.75 Å². The highest BCUT2D eigenvalue weighted by Gasteiger charge is 2.42. The number of phenolic OH excluding ortho intramolecular Hbond substituents is 1. The molecule has 2 heteroatoms. The van der Waals surface area contributed by atoms with Crippen molar-refractivity contribution in [3.63, 3.8) is 0 Å². The zero-order chi connectivity index (χ0) is 12.0. The van der Waals surface area contributed by atoms with Gasteiger partial charge in [-0.15, -0.1) is 0 Å². The quantitative estimate of drug-likeness (QED) is 0.803. The summed E-state index contributed by atoms with van der Waals surface area (Å²) in [6.07, 6.45) is 2.98. The van der Waals surface area contributed by atoms with Crippen LogP contribution in [0.25, 0.3) is 0 Å². The largest absolute Gasteiger partial charge is 0.508 e. The predicted octanol–water partition coefficient (Wildman–Crippen LogP) is 2.93. The first-order chi connectivity index (χ1) is 7.30. The molecular formula is C14H21NO. The maximum Gasteiger partial charge on any atom is 0.120 e. The first-order valence-corrected chi connectivity index (χ1v) is 5.91. The van der Waals surface area contributed by atoms with Gasteiger partial charge in [-0.25, -0.2) is 0 Å². The van der Waals surface area contributed by atoms with Crippen LogP contribution in [0, 0.1) is 5.41 Å². The first kappa shape index (κ1) is 11.5. The molecule has 1 aromatic rings. The molecule has 0 unspecified atom stereocenters. The predicted molar refractivity (Wildman–Crippen MR) is 66.4 cm³/mol. The van der Waals surface area contributed by atoms with Crippen LogP contribution in [-0.4, -0.2) is 5.11 Å². The molecule has 1 aromatic carbocycles. The standard InChI is InChI=1S/C14H21NO/c1-13(2,3)9-10-4-5-12(16)11(8-10)14(15)6-7-14/h4-5,8,16H,6-7,9,15H2,1-3H3. The summed E-state index contributed by atoms with van der Waals surface area (Å²) in [6, 6.07) is 5.85. The van der Waals surface area contributed by atoms with Crippen molar-refractivity contribution in [2.24, 2.45) is 11.1 Å². The van der Waals surface area contributed by atoms with Crippen molar-refractivity contribution in [2.75, 3.05) is 0 Å². The Morgan fingerprint density at radius 2 is 1.94 bits per heavy atom. The van der Waals surface area contributed by atoms with Gasteiger partial charge < -0.3 is 10.8 Å². The zero-order valence-electron chi connectivity index (χ0n) is 10.4. The second-order valence-electron chi connectivity index (χ2n) is 6.25. The molecule has 0 saturated heterocycles. The molecule has 88 valence electrons. The zero-order valence-corrected chi connectivity index (χ0v) is 10.4. The van der Waals surface area contributed by atoms with E-state index >= 15 is 0 Å². The van der Waals surface area contributed by atoms with E-state index in [4.69, 9.17) is 5.73 Å². The lowest BCUT2D eigenvalue weighted by atomic mass is 9.87. The van der Waals surface area contributed by atoms with Gasteiger partial charge in [0.2, 0.25) is 0 Å². The normalized spacial score (nSPS) is 18.5. The molecule has 1 fully saturated rings. The molecule has 0 atom stereocenters. The summed E-state index contributed by atoms with van der Waals surface area (Å²) >= 11 is 0. The second-order valence-corrected chi connectivity index (χ2v) is 6.25. The lowest BCUT2D eigenvalue weighted by Crippen LogP contribution is -2.19. The Hall–Kier alpha value is -1.02. The van der Waals surface area contributed by atoms with E-state index in [-0.39, 0.29) is 11.0 Å². The number of aromatic hydroxyl groups is 1. The van der Waals surface area contributed by atoms with E-state index in [0.29, 0.717) is 5.75 Å². The Bertz CT molecular complexity index is 400. The molecular weight excluding hydrogens is 198 g/mol. The molecule has 1 aliphatic carbocycles. The smallest absolute Gasteiger partial charge is 0.120 e. The van der Waals surface area contributed by atoms with Crippen LogP contribution in [0.3, 0.4) is 0 Å². The summed E-state index contributed by atoms with van der Waals surface area (Å²) in [7, 11) is 0. The molecule has 3 N–H and O–H groups in total. The molecule has 16 heavy (non-hydrogen) atoms. The van der Waals surface area contributed by atoms with Crippen LogP contribution in [0.15, 0.2) is 18.2 Å². The fourth-order valence-electron chi connectivity index (χ4n) is 2.11. The summed E-state index contributed by atoms with van der Waals surface area (Å²) in [6.45, 7) is 6.65. The summed E-state index contributed by atoms with van der Waals surface area (Å²) in [4.78, 5) is 0. The number of benzene rings is 1. The summed E-state index contributed by atoms with van der Waals surface area (Å²) in [5.74, 6) is 0.345. The lowest BCUT2D eigenvalue weighted by Gasteiger charge is -2.20. The molecule has 0 aliphatic heterocycles. The molecule has 0 spiro atoms. The SMILES string of the molecule is CC(C)(C)Cc1ccc(O)c(C2(N)CC2)c1. The van der Waals surface area contributed by atoms with Crippen molar-refractivity contribution in [1.82, 2.24) is 0 Å². The summed E-state index contributed by atoms with van der Waals surface area (Å²) in [5.41, 5.74) is 8.34. The van der Waals surface area contributed by atoms with E-state index < -0.39 is 0 Å². The van der Waals surface area contributed by atoms with Gasteiger partial charge in [-0.3, -0.25) is 0 Å². The lowest BCUT2D eigenvalue weighted by molar-refractivity contribution is 0.409. The van der Waals surface area contributed by atoms with Crippen molar-refractivity contribution in [3.05, 3.63) is 29.3 Å². The van der Waals surface area contributed by atoms with Crippen molar-refractivity contribution < 1.29 is 5.11 Å². The molecule has 1 saturated carbocycles. The monoisotopic (exact) mass is 219 g/mol. The van der Waals surface area contributed by atoms with E-state index in [1.54, 1.807) is 6.07 Å². The van der Waals surface area contributed by atoms with Crippen molar-refractivity contribution in [2.45, 2.75) is 45.6 Å². The van der Waals surface area contributed by atoms with Gasteiger partial charge in [0, 0.05) is 11.1 Å². The van der Waals surface area contributed by atoms with Gasteiger partial charge in [-0.2, -0.15) is 0 Å². The van der Waals surface area contributed by atoms with Crippen LogP contribution in [0.1, 0.15) is 44.7 Å². The number of hydrogen-bond donors (Lipinski definition) is 2. The molecule has 2 nitrogen and oxygen atoms in total. The minimum Gasteiger partial charge on any atom is -0.508 e. The van der Waals surface area contributed by atoms with Crippen LogP contribution < -0.4 is 5.73 Å². The average molecular weight is 219 g/mol. The van der Waals surface area contributed by atoms with Gasteiger partial charge in [0.25, 0.3) is 0 Å². The van der Waals surface area contributed by atoms with Crippen LogP contribution >= 0.6 is 0 Å². The van der Waals surface area contributed by atoms with Crippen LogP contribution in [0.2, 0.25) is 0 Å². The third kappa shape index (κ3) is 2.38. The Kier molecular flexibility index (Phi) is 2.50. The minimum atomic E-state index is -0.252. The Morgan fingerprint density at radius 1 is 1.31 bits per heavy atom. The molecule has 0 bridgehead atoms. The third-order valence-electron chi connectivity index (χ3n) is 3.12. The van der Waals surface area contributed by atoms with Crippen LogP contribution in [-0.2, 0) is 12.0 Å². The molecule has 0 amide bonds. The van der Waals surface area contributed by atoms with Crippen LogP contribution in [0.4, 0.5) is 0 Å². The first-order valence-electron chi connectivity index (χ1n) is 5.91. The van der Waals surface area contributed by atoms with E-state index in [9.17, 15) is 5.11 Å². The van der Waals surface area contributed by atoms with Gasteiger partial charge in [0.15, 0.2) is 0 Å². The molecule has 0 aromatic heterocycles. The summed E-state index contributed by atoms with van der Waals surface area (Å²) in [5, 5.41) is 9.83. The number of nitrogens with two attached hydrogens (primary N) is 1. The highest BCUT2D eigenvalue weighted by Crippen LogP contribution is 2.46. The molecule has 0 radical (unpaired) electrons. The van der Waals surface area contributed by atoms with E-state index in [1.165, 1.54) is 5.56 Å². The van der Waals surface area contributed by atoms with E-state index in [1.807, 2.05) is 6.07 Å². The maximum absolute atomic E-state index is 9.83. The Balaban J connectivity index is 2.29. The fourth-order valence-corrected chi connectivity index (χ4v) is 2.11. The van der Waals surface area contributed by atoms with Crippen molar-refractivity contribution >= 4 is 0 Å². The average Bonchev–Trinajstić information content (AvgIpc) is 2.86. The topological polar surface area (TPSA) is 46.2 Å². The second kappa shape index (κ2) is 3.49. The van der Waals surface area contributed by atoms with Gasteiger partial charge in [0.1, 0.15) is 5.75 Å². The number of phenols is 1. The Labute approximate surface area is 97.5 Å². The van der Waals surface area contributed by atoms with Gasteiger partial charge in [-0.05, 0) is 36.3 Å². The van der Waals surface area contributed by atoms with Gasteiger partial charge in [-0.1, -0.05) is 32.9 Å². The summed E-state index contributed by atoms with van der Waals surface area (Å²) < 4.78 is 0. The molecule has 2 rings (SSSR count). The molecule has 1 aliphatic rings. The third-order valence-corrected chi connectivity index (χ3v) is 3.12. The molecule has 0 heterocycles.